The maximum atomic E-state index is 11.9. The van der Waals surface area contributed by atoms with Gasteiger partial charge in [0.1, 0.15) is 18.8 Å². The number of benzene rings is 3. The molecular weight excluding hydrogens is 386 g/mol. The highest BCUT2D eigenvalue weighted by atomic mass is 16.6. The van der Waals surface area contributed by atoms with Crippen LogP contribution in [0.1, 0.15) is 11.1 Å². The van der Waals surface area contributed by atoms with Crippen molar-refractivity contribution in [1.82, 2.24) is 0 Å². The second-order valence-electron chi connectivity index (χ2n) is 6.56. The van der Waals surface area contributed by atoms with E-state index in [9.17, 15) is 14.9 Å². The molecule has 0 radical (unpaired) electrons. The smallest absolute Gasteiger partial charge is 0.415 e. The van der Waals surface area contributed by atoms with Crippen LogP contribution >= 0.6 is 0 Å². The van der Waals surface area contributed by atoms with E-state index in [1.165, 1.54) is 12.1 Å². The third-order valence-electron chi connectivity index (χ3n) is 4.45. The topological polar surface area (TPSA) is 91.8 Å². The van der Waals surface area contributed by atoms with Gasteiger partial charge < -0.3 is 13.9 Å². The van der Waals surface area contributed by atoms with E-state index in [0.29, 0.717) is 16.9 Å². The van der Waals surface area contributed by atoms with Crippen molar-refractivity contribution in [2.75, 3.05) is 0 Å². The number of nitro groups is 1. The molecule has 0 unspecified atom stereocenters. The highest BCUT2D eigenvalue weighted by Gasteiger charge is 2.18. The van der Waals surface area contributed by atoms with Crippen molar-refractivity contribution in [2.24, 2.45) is 0 Å². The summed E-state index contributed by atoms with van der Waals surface area (Å²) < 4.78 is 17.0. The Morgan fingerprint density at radius 2 is 1.33 bits per heavy atom. The summed E-state index contributed by atoms with van der Waals surface area (Å²) in [7, 11) is 0. The summed E-state index contributed by atoms with van der Waals surface area (Å²) in [5.41, 5.74) is 0.448. The number of fused-ring (bicyclic) bond motifs is 1. The first kappa shape index (κ1) is 19.2. The Labute approximate surface area is 171 Å². The van der Waals surface area contributed by atoms with Crippen LogP contribution in [0.4, 0.5) is 5.69 Å². The summed E-state index contributed by atoms with van der Waals surface area (Å²) in [6, 6.07) is 23.4. The number of hydrogen-bond acceptors (Lipinski definition) is 6. The Hall–Kier alpha value is -4.13. The van der Waals surface area contributed by atoms with E-state index in [0.717, 1.165) is 11.1 Å². The quantitative estimate of drug-likeness (QED) is 0.249. The molecule has 0 spiro atoms. The minimum Gasteiger partial charge on any atom is -0.485 e. The first-order valence-corrected chi connectivity index (χ1v) is 9.20. The number of hydrogen-bond donors (Lipinski definition) is 0. The summed E-state index contributed by atoms with van der Waals surface area (Å²) >= 11 is 0. The largest absolute Gasteiger partial charge is 0.485 e. The van der Waals surface area contributed by atoms with E-state index in [1.54, 1.807) is 6.07 Å². The maximum Gasteiger partial charge on any atom is 0.415 e. The highest BCUT2D eigenvalue weighted by molar-refractivity contribution is 5.82. The fraction of sp³-hybridized carbons (Fsp3) is 0.0870. The molecule has 1 aromatic heterocycles. The van der Waals surface area contributed by atoms with Gasteiger partial charge in [-0.15, -0.1) is 0 Å². The normalized spacial score (nSPS) is 10.7. The monoisotopic (exact) mass is 403 g/mol. The molecule has 0 fully saturated rings. The van der Waals surface area contributed by atoms with Crippen LogP contribution in [0.3, 0.4) is 0 Å². The number of ether oxygens (including phenoxy) is 2. The second-order valence-corrected chi connectivity index (χ2v) is 6.56. The van der Waals surface area contributed by atoms with Crippen LogP contribution in [0.2, 0.25) is 0 Å². The van der Waals surface area contributed by atoms with Crippen LogP contribution in [0, 0.1) is 10.1 Å². The molecule has 0 atom stereocenters. The third kappa shape index (κ3) is 4.30. The molecule has 0 aliphatic rings. The van der Waals surface area contributed by atoms with Crippen molar-refractivity contribution >= 4 is 16.7 Å². The van der Waals surface area contributed by atoms with Crippen molar-refractivity contribution < 1.29 is 18.8 Å². The molecule has 0 N–H and O–H groups in total. The zero-order valence-corrected chi connectivity index (χ0v) is 15.8. The summed E-state index contributed by atoms with van der Waals surface area (Å²) in [6.07, 6.45) is 0. The van der Waals surface area contributed by atoms with Crippen molar-refractivity contribution in [2.45, 2.75) is 13.2 Å². The van der Waals surface area contributed by atoms with Crippen LogP contribution in [0.5, 0.6) is 11.5 Å². The summed E-state index contributed by atoms with van der Waals surface area (Å²) in [6.45, 7) is 0.568. The molecule has 0 bridgehead atoms. The summed E-state index contributed by atoms with van der Waals surface area (Å²) in [5.74, 6) is 0.768. The van der Waals surface area contributed by atoms with Crippen molar-refractivity contribution in [3.05, 3.63) is 111 Å². The average Bonchev–Trinajstić information content (AvgIpc) is 2.77. The molecule has 0 amide bonds. The van der Waals surface area contributed by atoms with E-state index >= 15 is 0 Å². The van der Waals surface area contributed by atoms with Gasteiger partial charge in [-0.2, -0.15) is 0 Å². The van der Waals surface area contributed by atoms with E-state index < -0.39 is 16.2 Å². The molecule has 4 rings (SSSR count). The lowest BCUT2D eigenvalue weighted by molar-refractivity contribution is -0.387. The molecule has 3 aromatic carbocycles. The Morgan fingerprint density at radius 1 is 0.800 bits per heavy atom. The van der Waals surface area contributed by atoms with Gasteiger partial charge in [0.2, 0.25) is 0 Å². The van der Waals surface area contributed by atoms with Gasteiger partial charge in [0, 0.05) is 17.5 Å². The third-order valence-corrected chi connectivity index (χ3v) is 4.45. The Morgan fingerprint density at radius 3 is 1.87 bits per heavy atom. The molecule has 0 aliphatic carbocycles. The second kappa shape index (κ2) is 8.48. The zero-order chi connectivity index (χ0) is 20.9. The van der Waals surface area contributed by atoms with Gasteiger partial charge in [-0.1, -0.05) is 60.7 Å². The predicted molar refractivity (Wildman–Crippen MR) is 111 cm³/mol. The van der Waals surface area contributed by atoms with Crippen LogP contribution in [0.15, 0.2) is 88.1 Å². The molecule has 4 aromatic rings. The molecule has 150 valence electrons. The highest BCUT2D eigenvalue weighted by Crippen LogP contribution is 2.34. The van der Waals surface area contributed by atoms with Gasteiger partial charge in [0.05, 0.1) is 4.92 Å². The summed E-state index contributed by atoms with van der Waals surface area (Å²) in [5, 5.41) is 11.4. The van der Waals surface area contributed by atoms with E-state index in [2.05, 4.69) is 0 Å². The van der Waals surface area contributed by atoms with Crippen molar-refractivity contribution in [3.63, 3.8) is 0 Å². The van der Waals surface area contributed by atoms with Crippen LogP contribution < -0.4 is 15.1 Å². The molecule has 30 heavy (non-hydrogen) atoms. The van der Waals surface area contributed by atoms with Gasteiger partial charge in [-0.05, 0) is 17.2 Å². The van der Waals surface area contributed by atoms with E-state index in [4.69, 9.17) is 13.9 Å². The zero-order valence-electron chi connectivity index (χ0n) is 15.8. The van der Waals surface area contributed by atoms with Crippen LogP contribution in [-0.2, 0) is 13.2 Å². The minimum atomic E-state index is -1.01. The molecule has 0 saturated carbocycles. The lowest BCUT2D eigenvalue weighted by Crippen LogP contribution is -2.06. The average molecular weight is 403 g/mol. The summed E-state index contributed by atoms with van der Waals surface area (Å²) in [4.78, 5) is 22.2. The first-order valence-electron chi connectivity index (χ1n) is 9.20. The molecular formula is C23H17NO6. The number of nitrogens with zero attached hydrogens (tertiary/aromatic N) is 1. The van der Waals surface area contributed by atoms with Gasteiger partial charge in [0.25, 0.3) is 0 Å². The lowest BCUT2D eigenvalue weighted by Gasteiger charge is -2.14. The standard InChI is InChI=1S/C23H17NO6/c25-23-19(24(26)27)11-18-12-21(28-14-16-7-3-1-4-8-16)22(13-20(18)30-23)29-15-17-9-5-2-6-10-17/h1-13H,14-15H2. The van der Waals surface area contributed by atoms with E-state index in [1.807, 2.05) is 60.7 Å². The van der Waals surface area contributed by atoms with Crippen molar-refractivity contribution in [3.8, 4) is 11.5 Å². The SMILES string of the molecule is O=c1oc2cc(OCc3ccccc3)c(OCc3ccccc3)cc2cc1[N+](=O)[O-]. The molecule has 1 heterocycles. The minimum absolute atomic E-state index is 0.181. The maximum absolute atomic E-state index is 11.9. The van der Waals surface area contributed by atoms with Crippen molar-refractivity contribution in [1.29, 1.82) is 0 Å². The van der Waals surface area contributed by atoms with Gasteiger partial charge >= 0.3 is 11.3 Å². The molecule has 0 aliphatic heterocycles. The van der Waals surface area contributed by atoms with Crippen LogP contribution in [0.25, 0.3) is 11.0 Å². The number of rotatable bonds is 7. The van der Waals surface area contributed by atoms with Gasteiger partial charge in [-0.25, -0.2) is 4.79 Å². The van der Waals surface area contributed by atoms with Gasteiger partial charge in [-0.3, -0.25) is 10.1 Å². The Kier molecular flexibility index (Phi) is 5.43. The first-order chi connectivity index (χ1) is 14.6. The fourth-order valence-corrected chi connectivity index (χ4v) is 2.94. The fourth-order valence-electron chi connectivity index (χ4n) is 2.94. The molecule has 7 nitrogen and oxygen atoms in total. The van der Waals surface area contributed by atoms with E-state index in [-0.39, 0.29) is 18.8 Å². The lowest BCUT2D eigenvalue weighted by atomic mass is 10.2. The van der Waals surface area contributed by atoms with Gasteiger partial charge in [0.15, 0.2) is 11.5 Å². The Bertz CT molecular complexity index is 1240. The molecule has 0 saturated heterocycles. The molecule has 7 heteroatoms. The Balaban J connectivity index is 1.70. The van der Waals surface area contributed by atoms with Crippen LogP contribution in [-0.4, -0.2) is 4.92 Å². The predicted octanol–water partition coefficient (Wildman–Crippen LogP) is 4.86.